The zero-order valence-corrected chi connectivity index (χ0v) is 37.4. The van der Waals surface area contributed by atoms with Gasteiger partial charge in [-0.2, -0.15) is 0 Å². The fourth-order valence-electron chi connectivity index (χ4n) is 10.0. The number of hydrogen-bond donors (Lipinski definition) is 1. The van der Waals surface area contributed by atoms with Gasteiger partial charge in [0.25, 0.3) is 0 Å². The monoisotopic (exact) mass is 804 g/mol. The van der Waals surface area contributed by atoms with Gasteiger partial charge < -0.3 is 10.2 Å². The maximum atomic E-state index is 3.87. The normalized spacial score (nSPS) is 13.8. The molecule has 2 heteroatoms. The molecule has 1 N–H and O–H groups in total. The van der Waals surface area contributed by atoms with Gasteiger partial charge in [-0.3, -0.25) is 0 Å². The van der Waals surface area contributed by atoms with Crippen molar-refractivity contribution in [1.29, 1.82) is 0 Å². The Balaban J connectivity index is 1.27. The third kappa shape index (κ3) is 6.74. The average Bonchev–Trinajstić information content (AvgIpc) is 3.51. The third-order valence-electron chi connectivity index (χ3n) is 13.4. The highest BCUT2D eigenvalue weighted by molar-refractivity contribution is 6.01. The topological polar surface area (TPSA) is 15.3 Å². The molecule has 0 saturated carbocycles. The van der Waals surface area contributed by atoms with Crippen molar-refractivity contribution in [1.82, 2.24) is 0 Å². The Morgan fingerprint density at radius 1 is 0.468 bits per heavy atom. The molecule has 0 spiro atoms. The summed E-state index contributed by atoms with van der Waals surface area (Å²) in [6, 6.07) is 65.7. The maximum Gasteiger partial charge on any atom is 0.0544 e. The van der Waals surface area contributed by atoms with Crippen LogP contribution < -0.4 is 10.2 Å². The van der Waals surface area contributed by atoms with E-state index in [1.165, 1.54) is 95.0 Å². The molecule has 0 unspecified atom stereocenters. The number of benzene rings is 8. The Bertz CT molecular complexity index is 2980. The Morgan fingerprint density at radius 2 is 1.08 bits per heavy atom. The second-order valence-electron chi connectivity index (χ2n) is 19.9. The van der Waals surface area contributed by atoms with Gasteiger partial charge in [-0.05, 0) is 120 Å². The average molecular weight is 805 g/mol. The van der Waals surface area contributed by atoms with Crippen molar-refractivity contribution in [2.45, 2.75) is 78.1 Å². The summed E-state index contributed by atoms with van der Waals surface area (Å²) in [4.78, 5) is 2.66. The fourth-order valence-corrected chi connectivity index (χ4v) is 10.0. The Hall–Kier alpha value is -6.64. The van der Waals surface area contributed by atoms with Crippen molar-refractivity contribution in [3.05, 3.63) is 209 Å². The molecule has 2 aliphatic rings. The highest BCUT2D eigenvalue weighted by Crippen LogP contribution is 2.59. The van der Waals surface area contributed by atoms with Crippen LogP contribution in [0.15, 0.2) is 176 Å². The van der Waals surface area contributed by atoms with E-state index in [0.717, 1.165) is 17.8 Å². The number of fused-ring (bicyclic) bond motifs is 6. The van der Waals surface area contributed by atoms with E-state index in [0.29, 0.717) is 0 Å². The zero-order valence-electron chi connectivity index (χ0n) is 37.4. The lowest BCUT2D eigenvalue weighted by Gasteiger charge is -2.40. The van der Waals surface area contributed by atoms with E-state index in [1.54, 1.807) is 0 Å². The second kappa shape index (κ2) is 14.8. The number of anilines is 5. The summed E-state index contributed by atoms with van der Waals surface area (Å²) in [5.41, 5.74) is 23.7. The molecule has 0 amide bonds. The molecule has 1 aliphatic heterocycles. The minimum Gasteiger partial charge on any atom is -0.355 e. The summed E-state index contributed by atoms with van der Waals surface area (Å²) in [5, 5.41) is 3.87. The summed E-state index contributed by atoms with van der Waals surface area (Å²) >= 11 is 0. The van der Waals surface area contributed by atoms with Gasteiger partial charge >= 0.3 is 0 Å². The second-order valence-corrected chi connectivity index (χ2v) is 19.9. The van der Waals surface area contributed by atoms with E-state index in [2.05, 4.69) is 242 Å². The molecule has 0 fully saturated rings. The van der Waals surface area contributed by atoms with Gasteiger partial charge in [0, 0.05) is 34.3 Å². The fraction of sp³-hybridized carbons (Fsp3) is 0.200. The minimum absolute atomic E-state index is 0.0257. The predicted molar refractivity (Wildman–Crippen MR) is 265 cm³/mol. The first-order valence-corrected chi connectivity index (χ1v) is 22.2. The first kappa shape index (κ1) is 39.5. The van der Waals surface area contributed by atoms with E-state index < -0.39 is 0 Å². The van der Waals surface area contributed by atoms with Gasteiger partial charge in [0.1, 0.15) is 0 Å². The lowest BCUT2D eigenvalue weighted by Crippen LogP contribution is -2.26. The number of nitrogens with zero attached hydrogens (tertiary/aromatic N) is 1. The highest BCUT2D eigenvalue weighted by Gasteiger charge is 2.42. The third-order valence-corrected chi connectivity index (χ3v) is 13.4. The lowest BCUT2D eigenvalue weighted by atomic mass is 9.77. The quantitative estimate of drug-likeness (QED) is 0.180. The van der Waals surface area contributed by atoms with Crippen molar-refractivity contribution in [3.63, 3.8) is 0 Å². The number of rotatable bonds is 6. The Labute approximate surface area is 369 Å². The van der Waals surface area contributed by atoms with E-state index in [1.807, 2.05) is 0 Å². The zero-order chi connectivity index (χ0) is 43.0. The van der Waals surface area contributed by atoms with Crippen LogP contribution in [-0.4, -0.2) is 0 Å². The first-order chi connectivity index (χ1) is 29.8. The van der Waals surface area contributed by atoms with Crippen LogP contribution in [0.1, 0.15) is 88.8 Å². The summed E-state index contributed by atoms with van der Waals surface area (Å²) in [6.07, 6.45) is 0.806. The summed E-state index contributed by atoms with van der Waals surface area (Å²) in [7, 11) is 0. The van der Waals surface area contributed by atoms with Crippen LogP contribution in [0.2, 0.25) is 0 Å². The van der Waals surface area contributed by atoms with E-state index in [-0.39, 0.29) is 16.2 Å². The molecule has 2 nitrogen and oxygen atoms in total. The van der Waals surface area contributed by atoms with Gasteiger partial charge in [0.2, 0.25) is 0 Å². The van der Waals surface area contributed by atoms with Crippen LogP contribution in [0.5, 0.6) is 0 Å². The number of para-hydroxylation sites is 1. The van der Waals surface area contributed by atoms with Crippen molar-refractivity contribution in [2.24, 2.45) is 0 Å². The van der Waals surface area contributed by atoms with Crippen LogP contribution in [0.4, 0.5) is 28.4 Å². The standard InChI is InChI=1S/C60H56N2/c1-58(2,3)43-28-31-45(32-29-43)61-53-26-18-16-24-47(53)50-36-42(39-19-11-9-12-20-39)37-55-51(50)35-41-27-33-48-46-23-15-17-25-52(46)60(7,8)56(48)57(41)62(55)54-34-30-44(59(4,5)6)38-49(54)40-21-13-10-14-22-40/h9-34,36-38,61H,35H2,1-8H3. The van der Waals surface area contributed by atoms with E-state index in [9.17, 15) is 0 Å². The van der Waals surface area contributed by atoms with Crippen molar-refractivity contribution >= 4 is 28.4 Å². The van der Waals surface area contributed by atoms with E-state index >= 15 is 0 Å². The summed E-state index contributed by atoms with van der Waals surface area (Å²) in [5.74, 6) is 0. The van der Waals surface area contributed by atoms with Gasteiger partial charge in [-0.1, -0.05) is 189 Å². The minimum atomic E-state index is -0.218. The molecule has 0 saturated heterocycles. The van der Waals surface area contributed by atoms with Gasteiger partial charge in [0.15, 0.2) is 0 Å². The molecular formula is C60H56N2. The molecular weight excluding hydrogens is 749 g/mol. The largest absolute Gasteiger partial charge is 0.355 e. The summed E-state index contributed by atoms with van der Waals surface area (Å²) in [6.45, 7) is 18.6. The molecule has 62 heavy (non-hydrogen) atoms. The van der Waals surface area contributed by atoms with Crippen molar-refractivity contribution < 1.29 is 0 Å². The molecule has 306 valence electrons. The lowest BCUT2D eigenvalue weighted by molar-refractivity contribution is 0.590. The molecule has 8 aromatic rings. The van der Waals surface area contributed by atoms with Crippen LogP contribution in [-0.2, 0) is 22.7 Å². The van der Waals surface area contributed by atoms with Crippen LogP contribution >= 0.6 is 0 Å². The highest BCUT2D eigenvalue weighted by atomic mass is 15.2. The van der Waals surface area contributed by atoms with Gasteiger partial charge in [0.05, 0.1) is 17.1 Å². The smallest absolute Gasteiger partial charge is 0.0544 e. The predicted octanol–water partition coefficient (Wildman–Crippen LogP) is 16.7. The number of hydrogen-bond acceptors (Lipinski definition) is 2. The van der Waals surface area contributed by atoms with Crippen molar-refractivity contribution in [3.8, 4) is 44.5 Å². The summed E-state index contributed by atoms with van der Waals surface area (Å²) < 4.78 is 0. The van der Waals surface area contributed by atoms with Crippen LogP contribution in [0, 0.1) is 0 Å². The molecule has 10 rings (SSSR count). The molecule has 0 aromatic heterocycles. The van der Waals surface area contributed by atoms with Crippen LogP contribution in [0.25, 0.3) is 44.5 Å². The molecule has 1 aliphatic carbocycles. The molecule has 0 radical (unpaired) electrons. The van der Waals surface area contributed by atoms with Gasteiger partial charge in [-0.15, -0.1) is 0 Å². The number of nitrogens with one attached hydrogen (secondary N) is 1. The Morgan fingerprint density at radius 3 is 1.77 bits per heavy atom. The van der Waals surface area contributed by atoms with Crippen LogP contribution in [0.3, 0.4) is 0 Å². The van der Waals surface area contributed by atoms with Gasteiger partial charge in [-0.25, -0.2) is 0 Å². The first-order valence-electron chi connectivity index (χ1n) is 22.2. The SMILES string of the molecule is CC(C)(C)c1ccc(Nc2ccccc2-c2cc(-c3ccccc3)cc3c2Cc2ccc4c(c2N3c2ccc(C(C)(C)C)cc2-c2ccccc2)C(C)(C)c2ccccc2-4)cc1. The Kier molecular flexibility index (Phi) is 9.41. The molecule has 8 aromatic carbocycles. The molecule has 0 atom stereocenters. The van der Waals surface area contributed by atoms with E-state index in [4.69, 9.17) is 0 Å². The molecule has 0 bridgehead atoms. The molecule has 1 heterocycles. The van der Waals surface area contributed by atoms with Crippen molar-refractivity contribution in [2.75, 3.05) is 10.2 Å². The maximum absolute atomic E-state index is 3.87.